The molecular formula is C16H26O2. The minimum Gasteiger partial charge on any atom is -0.488 e. The monoisotopic (exact) mass is 250 g/mol. The van der Waals surface area contributed by atoms with Crippen molar-refractivity contribution in [2.24, 2.45) is 0 Å². The van der Waals surface area contributed by atoms with E-state index in [1.807, 2.05) is 26.0 Å². The molecule has 0 bridgehead atoms. The molecule has 0 spiro atoms. The fourth-order valence-electron chi connectivity index (χ4n) is 1.81. The van der Waals surface area contributed by atoms with Crippen molar-refractivity contribution in [3.05, 3.63) is 29.8 Å². The summed E-state index contributed by atoms with van der Waals surface area (Å²) in [6, 6.07) is 8.21. The van der Waals surface area contributed by atoms with Crippen LogP contribution in [0.1, 0.15) is 53.0 Å². The van der Waals surface area contributed by atoms with E-state index in [4.69, 9.17) is 4.74 Å². The molecule has 1 N–H and O–H groups in total. The molecule has 1 aromatic rings. The lowest BCUT2D eigenvalue weighted by Gasteiger charge is -2.24. The zero-order chi connectivity index (χ0) is 13.8. The Balaban J connectivity index is 2.72. The highest BCUT2D eigenvalue weighted by atomic mass is 16.5. The van der Waals surface area contributed by atoms with Crippen LogP contribution >= 0.6 is 0 Å². The van der Waals surface area contributed by atoms with Crippen LogP contribution in [0.5, 0.6) is 5.75 Å². The van der Waals surface area contributed by atoms with Gasteiger partial charge in [-0.05, 0) is 42.9 Å². The van der Waals surface area contributed by atoms with Gasteiger partial charge in [0.25, 0.3) is 0 Å². The molecule has 0 saturated heterocycles. The summed E-state index contributed by atoms with van der Waals surface area (Å²) in [7, 11) is 0. The van der Waals surface area contributed by atoms with Gasteiger partial charge in [-0.3, -0.25) is 0 Å². The zero-order valence-electron chi connectivity index (χ0n) is 12.2. The van der Waals surface area contributed by atoms with Gasteiger partial charge in [-0.15, -0.1) is 0 Å². The van der Waals surface area contributed by atoms with Gasteiger partial charge in [-0.1, -0.05) is 39.8 Å². The molecular weight excluding hydrogens is 224 g/mol. The van der Waals surface area contributed by atoms with E-state index in [0.717, 1.165) is 12.2 Å². The van der Waals surface area contributed by atoms with E-state index in [1.165, 1.54) is 5.56 Å². The highest BCUT2D eigenvalue weighted by Gasteiger charge is 2.18. The number of aliphatic hydroxyl groups is 1. The number of hydrogen-bond acceptors (Lipinski definition) is 2. The molecule has 2 heteroatoms. The van der Waals surface area contributed by atoms with Gasteiger partial charge < -0.3 is 9.84 Å². The maximum Gasteiger partial charge on any atom is 0.122 e. The van der Waals surface area contributed by atoms with Gasteiger partial charge in [0.1, 0.15) is 11.9 Å². The van der Waals surface area contributed by atoms with Crippen molar-refractivity contribution in [1.82, 2.24) is 0 Å². The van der Waals surface area contributed by atoms with E-state index in [-0.39, 0.29) is 11.5 Å². The van der Waals surface area contributed by atoms with Crippen LogP contribution in [0.4, 0.5) is 0 Å². The highest BCUT2D eigenvalue weighted by molar-refractivity contribution is 5.31. The van der Waals surface area contributed by atoms with Crippen LogP contribution in [0.15, 0.2) is 24.3 Å². The van der Waals surface area contributed by atoms with Crippen LogP contribution in [0.3, 0.4) is 0 Å². The molecule has 0 heterocycles. The molecule has 0 aliphatic carbocycles. The van der Waals surface area contributed by atoms with Gasteiger partial charge in [0.05, 0.1) is 6.10 Å². The van der Waals surface area contributed by atoms with Crippen LogP contribution in [0.25, 0.3) is 0 Å². The van der Waals surface area contributed by atoms with Crippen LogP contribution in [-0.4, -0.2) is 17.3 Å². The van der Waals surface area contributed by atoms with E-state index in [2.05, 4.69) is 32.9 Å². The van der Waals surface area contributed by atoms with E-state index in [0.29, 0.717) is 6.42 Å². The summed E-state index contributed by atoms with van der Waals surface area (Å²) >= 11 is 0. The number of benzene rings is 1. The Kier molecular flexibility index (Phi) is 5.21. The summed E-state index contributed by atoms with van der Waals surface area (Å²) in [6.45, 7) is 10.5. The Labute approximate surface area is 111 Å². The summed E-state index contributed by atoms with van der Waals surface area (Å²) in [5, 5.41) is 9.68. The van der Waals surface area contributed by atoms with Crippen LogP contribution < -0.4 is 4.74 Å². The summed E-state index contributed by atoms with van der Waals surface area (Å²) in [6.07, 6.45) is 1.25. The molecule has 2 atom stereocenters. The molecule has 0 radical (unpaired) electrons. The molecule has 2 unspecified atom stereocenters. The van der Waals surface area contributed by atoms with Crippen LogP contribution in [0.2, 0.25) is 0 Å². The summed E-state index contributed by atoms with van der Waals surface area (Å²) in [4.78, 5) is 0. The minimum absolute atomic E-state index is 0.167. The van der Waals surface area contributed by atoms with Gasteiger partial charge >= 0.3 is 0 Å². The molecule has 2 nitrogen and oxygen atoms in total. The first kappa shape index (κ1) is 15.0. The molecule has 0 aliphatic heterocycles. The van der Waals surface area contributed by atoms with Crippen molar-refractivity contribution in [2.45, 2.75) is 65.1 Å². The lowest BCUT2D eigenvalue weighted by atomic mass is 9.82. The number of hydrogen-bond donors (Lipinski definition) is 1. The third-order valence-corrected chi connectivity index (χ3v) is 3.80. The minimum atomic E-state index is -0.406. The van der Waals surface area contributed by atoms with Gasteiger partial charge in [0, 0.05) is 0 Å². The maximum absolute atomic E-state index is 9.68. The van der Waals surface area contributed by atoms with Gasteiger partial charge in [-0.2, -0.15) is 0 Å². The fourth-order valence-corrected chi connectivity index (χ4v) is 1.81. The van der Waals surface area contributed by atoms with Crippen molar-refractivity contribution in [2.75, 3.05) is 0 Å². The van der Waals surface area contributed by atoms with Gasteiger partial charge in [-0.25, -0.2) is 0 Å². The molecule has 1 rings (SSSR count). The maximum atomic E-state index is 9.68. The molecule has 0 amide bonds. The second-order valence-electron chi connectivity index (χ2n) is 5.56. The molecule has 1 aromatic carbocycles. The van der Waals surface area contributed by atoms with Crippen molar-refractivity contribution >= 4 is 0 Å². The van der Waals surface area contributed by atoms with E-state index < -0.39 is 6.10 Å². The van der Waals surface area contributed by atoms with E-state index in [1.54, 1.807) is 0 Å². The Morgan fingerprint density at radius 3 is 2.17 bits per heavy atom. The topological polar surface area (TPSA) is 29.5 Å². The Morgan fingerprint density at radius 2 is 1.72 bits per heavy atom. The molecule has 0 aliphatic rings. The first-order chi connectivity index (χ1) is 8.40. The number of rotatable bonds is 6. The Morgan fingerprint density at radius 1 is 1.17 bits per heavy atom. The summed E-state index contributed by atoms with van der Waals surface area (Å²) < 4.78 is 5.72. The Hall–Kier alpha value is -1.02. The first-order valence-electron chi connectivity index (χ1n) is 6.86. The predicted octanol–water partition coefficient (Wildman–Crippen LogP) is 3.91. The van der Waals surface area contributed by atoms with Crippen molar-refractivity contribution in [3.8, 4) is 5.75 Å². The summed E-state index contributed by atoms with van der Waals surface area (Å²) in [5.41, 5.74) is 1.52. The zero-order valence-corrected chi connectivity index (χ0v) is 12.2. The smallest absolute Gasteiger partial charge is 0.122 e. The largest absolute Gasteiger partial charge is 0.488 e. The van der Waals surface area contributed by atoms with Gasteiger partial charge in [0.15, 0.2) is 0 Å². The lowest BCUT2D eigenvalue weighted by molar-refractivity contribution is 0.0451. The number of ether oxygens (including phenoxy) is 1. The SMILES string of the molecule is CCC(O)C(C)Oc1ccc(C(C)(C)CC)cc1. The molecule has 18 heavy (non-hydrogen) atoms. The average Bonchev–Trinajstić information content (AvgIpc) is 2.38. The second-order valence-corrected chi connectivity index (χ2v) is 5.56. The summed E-state index contributed by atoms with van der Waals surface area (Å²) in [5.74, 6) is 0.825. The third kappa shape index (κ3) is 3.74. The Bertz CT molecular complexity index is 354. The predicted molar refractivity (Wildman–Crippen MR) is 76.1 cm³/mol. The number of aliphatic hydroxyl groups excluding tert-OH is 1. The molecule has 0 fully saturated rings. The van der Waals surface area contributed by atoms with Crippen molar-refractivity contribution in [1.29, 1.82) is 0 Å². The van der Waals surface area contributed by atoms with E-state index in [9.17, 15) is 5.11 Å². The third-order valence-electron chi connectivity index (χ3n) is 3.80. The average molecular weight is 250 g/mol. The molecule has 102 valence electrons. The quantitative estimate of drug-likeness (QED) is 0.829. The van der Waals surface area contributed by atoms with Crippen LogP contribution in [-0.2, 0) is 5.41 Å². The standard InChI is InChI=1S/C16H26O2/c1-6-15(17)12(3)18-14-10-8-13(9-11-14)16(4,5)7-2/h8-12,15,17H,6-7H2,1-5H3. The first-order valence-corrected chi connectivity index (χ1v) is 6.86. The van der Waals surface area contributed by atoms with Crippen LogP contribution in [0, 0.1) is 0 Å². The highest BCUT2D eigenvalue weighted by Crippen LogP contribution is 2.28. The van der Waals surface area contributed by atoms with Crippen molar-refractivity contribution < 1.29 is 9.84 Å². The second kappa shape index (κ2) is 6.24. The normalized spacial score (nSPS) is 15.2. The lowest BCUT2D eigenvalue weighted by Crippen LogP contribution is -2.27. The van der Waals surface area contributed by atoms with Gasteiger partial charge in [0.2, 0.25) is 0 Å². The van der Waals surface area contributed by atoms with E-state index >= 15 is 0 Å². The molecule has 0 saturated carbocycles. The van der Waals surface area contributed by atoms with Crippen molar-refractivity contribution in [3.63, 3.8) is 0 Å². The fraction of sp³-hybridized carbons (Fsp3) is 0.625. The molecule has 0 aromatic heterocycles.